The second-order valence-corrected chi connectivity index (χ2v) is 3.66. The van der Waals surface area contributed by atoms with Gasteiger partial charge in [-0.2, -0.15) is 5.26 Å². The maximum atomic E-state index is 13.5. The summed E-state index contributed by atoms with van der Waals surface area (Å²) in [5.41, 5.74) is -1.38. The minimum absolute atomic E-state index is 0.205. The van der Waals surface area contributed by atoms with E-state index in [9.17, 15) is 8.78 Å². The van der Waals surface area contributed by atoms with Crippen molar-refractivity contribution < 1.29 is 8.78 Å². The van der Waals surface area contributed by atoms with E-state index in [1.807, 2.05) is 6.07 Å². The molecule has 1 aromatic rings. The van der Waals surface area contributed by atoms with Gasteiger partial charge >= 0.3 is 0 Å². The average Bonchev–Trinajstić information content (AvgIpc) is 2.15. The Morgan fingerprint density at radius 1 is 1.43 bits per heavy atom. The van der Waals surface area contributed by atoms with Gasteiger partial charge in [0.05, 0.1) is 11.6 Å². The molecule has 0 aliphatic heterocycles. The summed E-state index contributed by atoms with van der Waals surface area (Å²) in [5, 5.41) is 8.58. The number of nitriles is 1. The van der Waals surface area contributed by atoms with Gasteiger partial charge in [-0.1, -0.05) is 12.1 Å². The van der Waals surface area contributed by atoms with Crippen LogP contribution in [0.15, 0.2) is 24.3 Å². The molecule has 0 N–H and O–H groups in total. The van der Waals surface area contributed by atoms with Gasteiger partial charge in [-0.3, -0.25) is 0 Å². The molecule has 0 amide bonds. The summed E-state index contributed by atoms with van der Waals surface area (Å²) in [7, 11) is 0. The minimum Gasteiger partial charge on any atom is -0.241 e. The number of rotatable bonds is 2. The van der Waals surface area contributed by atoms with Crippen molar-refractivity contribution in [1.29, 1.82) is 5.26 Å². The molecule has 74 valence electrons. The monoisotopic (exact) mass is 195 g/mol. The average molecular weight is 195 g/mol. The SMILES string of the molecule is CC(C)(F)C(F)c1cccc(C#N)c1. The lowest BCUT2D eigenvalue weighted by Gasteiger charge is -2.19. The Balaban J connectivity index is 3.03. The smallest absolute Gasteiger partial charge is 0.158 e. The lowest BCUT2D eigenvalue weighted by molar-refractivity contribution is 0.0852. The van der Waals surface area contributed by atoms with Gasteiger partial charge in [0.2, 0.25) is 0 Å². The Labute approximate surface area is 82.0 Å². The number of benzene rings is 1. The van der Waals surface area contributed by atoms with E-state index in [2.05, 4.69) is 0 Å². The molecule has 1 aromatic carbocycles. The van der Waals surface area contributed by atoms with Crippen molar-refractivity contribution in [2.75, 3.05) is 0 Å². The summed E-state index contributed by atoms with van der Waals surface area (Å²) in [6.45, 7) is 2.35. The topological polar surface area (TPSA) is 23.8 Å². The second-order valence-electron chi connectivity index (χ2n) is 3.66. The molecule has 0 radical (unpaired) electrons. The van der Waals surface area contributed by atoms with Crippen molar-refractivity contribution in [1.82, 2.24) is 0 Å². The first kappa shape index (κ1) is 10.6. The molecule has 0 aliphatic rings. The third-order valence-corrected chi connectivity index (χ3v) is 1.91. The molecule has 0 aliphatic carbocycles. The van der Waals surface area contributed by atoms with Crippen molar-refractivity contribution in [3.8, 4) is 6.07 Å². The molecule has 0 saturated carbocycles. The molecule has 0 fully saturated rings. The van der Waals surface area contributed by atoms with E-state index < -0.39 is 11.8 Å². The fraction of sp³-hybridized carbons (Fsp3) is 0.364. The largest absolute Gasteiger partial charge is 0.241 e. The summed E-state index contributed by atoms with van der Waals surface area (Å²) in [5.74, 6) is 0. The van der Waals surface area contributed by atoms with Crippen LogP contribution in [0.4, 0.5) is 8.78 Å². The Morgan fingerprint density at radius 2 is 2.07 bits per heavy atom. The van der Waals surface area contributed by atoms with Crippen LogP contribution in [0.3, 0.4) is 0 Å². The zero-order chi connectivity index (χ0) is 10.8. The highest BCUT2D eigenvalue weighted by atomic mass is 19.2. The first-order valence-electron chi connectivity index (χ1n) is 4.28. The van der Waals surface area contributed by atoms with E-state index in [0.29, 0.717) is 5.56 Å². The van der Waals surface area contributed by atoms with Crippen LogP contribution < -0.4 is 0 Å². The van der Waals surface area contributed by atoms with Crippen molar-refractivity contribution in [2.24, 2.45) is 0 Å². The molecule has 3 heteroatoms. The Bertz CT molecular complexity index is 360. The number of hydrogen-bond donors (Lipinski definition) is 0. The highest BCUT2D eigenvalue weighted by Gasteiger charge is 2.30. The van der Waals surface area contributed by atoms with E-state index in [4.69, 9.17) is 5.26 Å². The van der Waals surface area contributed by atoms with Crippen LogP contribution in [-0.4, -0.2) is 5.67 Å². The second kappa shape index (κ2) is 3.75. The normalized spacial score (nSPS) is 13.4. The summed E-state index contributed by atoms with van der Waals surface area (Å²) in [6, 6.07) is 7.84. The van der Waals surface area contributed by atoms with Crippen molar-refractivity contribution in [3.63, 3.8) is 0 Å². The van der Waals surface area contributed by atoms with Crippen LogP contribution in [0, 0.1) is 11.3 Å². The number of halogens is 2. The van der Waals surface area contributed by atoms with E-state index in [0.717, 1.165) is 0 Å². The molecule has 1 rings (SSSR count). The van der Waals surface area contributed by atoms with Gasteiger partial charge in [0.25, 0.3) is 0 Å². The van der Waals surface area contributed by atoms with Crippen molar-refractivity contribution in [2.45, 2.75) is 25.7 Å². The highest BCUT2D eigenvalue weighted by Crippen LogP contribution is 2.32. The Kier molecular flexibility index (Phi) is 2.85. The van der Waals surface area contributed by atoms with Gasteiger partial charge in [0.15, 0.2) is 6.17 Å². The molecule has 0 heterocycles. The molecule has 0 saturated heterocycles. The Hall–Kier alpha value is -1.43. The van der Waals surface area contributed by atoms with Gasteiger partial charge in [0.1, 0.15) is 5.67 Å². The minimum atomic E-state index is -1.92. The maximum absolute atomic E-state index is 13.5. The van der Waals surface area contributed by atoms with E-state index >= 15 is 0 Å². The predicted octanol–water partition coefficient (Wildman–Crippen LogP) is 3.32. The highest BCUT2D eigenvalue weighted by molar-refractivity contribution is 5.34. The lowest BCUT2D eigenvalue weighted by atomic mass is 9.97. The van der Waals surface area contributed by atoms with Crippen LogP contribution in [0.1, 0.15) is 31.1 Å². The predicted molar refractivity (Wildman–Crippen MR) is 50.2 cm³/mol. The zero-order valence-electron chi connectivity index (χ0n) is 8.09. The molecule has 0 spiro atoms. The molecular weight excluding hydrogens is 184 g/mol. The molecular formula is C11H11F2N. The van der Waals surface area contributed by atoms with Gasteiger partial charge in [0, 0.05) is 0 Å². The van der Waals surface area contributed by atoms with Crippen LogP contribution in [0.25, 0.3) is 0 Å². The van der Waals surface area contributed by atoms with Gasteiger partial charge in [-0.05, 0) is 31.5 Å². The summed E-state index contributed by atoms with van der Waals surface area (Å²) in [4.78, 5) is 0. The lowest BCUT2D eigenvalue weighted by Crippen LogP contribution is -2.20. The van der Waals surface area contributed by atoms with Crippen LogP contribution >= 0.6 is 0 Å². The quantitative estimate of drug-likeness (QED) is 0.710. The van der Waals surface area contributed by atoms with E-state index in [1.165, 1.54) is 26.0 Å². The molecule has 0 bridgehead atoms. The summed E-state index contributed by atoms with van der Waals surface area (Å²) >= 11 is 0. The van der Waals surface area contributed by atoms with E-state index in [1.54, 1.807) is 12.1 Å². The van der Waals surface area contributed by atoms with Crippen molar-refractivity contribution in [3.05, 3.63) is 35.4 Å². The molecule has 0 aromatic heterocycles. The first-order valence-corrected chi connectivity index (χ1v) is 4.28. The van der Waals surface area contributed by atoms with Gasteiger partial charge in [-0.25, -0.2) is 8.78 Å². The number of hydrogen-bond acceptors (Lipinski definition) is 1. The maximum Gasteiger partial charge on any atom is 0.158 e. The summed E-state index contributed by atoms with van der Waals surface area (Å²) in [6.07, 6.45) is -1.70. The van der Waals surface area contributed by atoms with E-state index in [-0.39, 0.29) is 5.56 Å². The third kappa shape index (κ3) is 2.29. The zero-order valence-corrected chi connectivity index (χ0v) is 8.09. The molecule has 1 unspecified atom stereocenters. The van der Waals surface area contributed by atoms with Crippen LogP contribution in [-0.2, 0) is 0 Å². The fourth-order valence-electron chi connectivity index (χ4n) is 1.16. The number of alkyl halides is 2. The van der Waals surface area contributed by atoms with Crippen LogP contribution in [0.2, 0.25) is 0 Å². The van der Waals surface area contributed by atoms with Crippen LogP contribution in [0.5, 0.6) is 0 Å². The first-order chi connectivity index (χ1) is 6.45. The fourth-order valence-corrected chi connectivity index (χ4v) is 1.16. The van der Waals surface area contributed by atoms with Gasteiger partial charge < -0.3 is 0 Å². The summed E-state index contributed by atoms with van der Waals surface area (Å²) < 4.78 is 26.7. The Morgan fingerprint density at radius 3 is 2.57 bits per heavy atom. The molecule has 14 heavy (non-hydrogen) atoms. The number of nitrogens with zero attached hydrogens (tertiary/aromatic N) is 1. The van der Waals surface area contributed by atoms with Gasteiger partial charge in [-0.15, -0.1) is 0 Å². The molecule has 1 nitrogen and oxygen atoms in total. The third-order valence-electron chi connectivity index (χ3n) is 1.91. The standard InChI is InChI=1S/C11H11F2N/c1-11(2,13)10(12)9-5-3-4-8(6-9)7-14/h3-6,10H,1-2H3. The van der Waals surface area contributed by atoms with Crippen molar-refractivity contribution >= 4 is 0 Å². The molecule has 1 atom stereocenters.